The minimum absolute atomic E-state index is 0.352. The molecule has 1 atom stereocenters. The summed E-state index contributed by atoms with van der Waals surface area (Å²) in [5.41, 5.74) is 7.91. The van der Waals surface area contributed by atoms with Crippen molar-refractivity contribution in [3.05, 3.63) is 143 Å². The zero-order chi connectivity index (χ0) is 28.1. The first-order chi connectivity index (χ1) is 20.0. The topological polar surface area (TPSA) is 50.8 Å². The smallest absolute Gasteiger partial charge is 0.340 e. The molecule has 5 nitrogen and oxygen atoms in total. The summed E-state index contributed by atoms with van der Waals surface area (Å²) >= 11 is 0. The zero-order valence-electron chi connectivity index (χ0n) is 23.3. The van der Waals surface area contributed by atoms with Gasteiger partial charge in [-0.15, -0.1) is 0 Å². The minimum atomic E-state index is -1.17. The van der Waals surface area contributed by atoms with E-state index < -0.39 is 5.60 Å². The van der Waals surface area contributed by atoms with Crippen molar-refractivity contribution in [2.24, 2.45) is 0 Å². The summed E-state index contributed by atoms with van der Waals surface area (Å²) in [6.45, 7) is 7.05. The molecule has 0 bridgehead atoms. The van der Waals surface area contributed by atoms with Gasteiger partial charge in [0, 0.05) is 52.1 Å². The van der Waals surface area contributed by atoms with Crippen LogP contribution < -0.4 is 15.0 Å². The van der Waals surface area contributed by atoms with E-state index in [-0.39, 0.29) is 5.97 Å². The van der Waals surface area contributed by atoms with Crippen LogP contribution in [0.3, 0.4) is 0 Å². The third-order valence-electron chi connectivity index (χ3n) is 7.99. The SMILES string of the molecule is CCN(c1ccc(C)cc1)c1ccc2c(c1)Oc1cc(C)ccc1C21OC(=O)c2cccc(Nc3ccccc3)c21. The van der Waals surface area contributed by atoms with Crippen molar-refractivity contribution in [3.63, 3.8) is 0 Å². The molecule has 5 aromatic carbocycles. The number of esters is 1. The van der Waals surface area contributed by atoms with E-state index in [4.69, 9.17) is 9.47 Å². The molecule has 2 heterocycles. The summed E-state index contributed by atoms with van der Waals surface area (Å²) in [5.74, 6) is 1.000. The van der Waals surface area contributed by atoms with Gasteiger partial charge in [0.25, 0.3) is 0 Å². The predicted molar refractivity (Wildman–Crippen MR) is 163 cm³/mol. The van der Waals surface area contributed by atoms with Crippen LogP contribution in [-0.4, -0.2) is 12.5 Å². The molecular weight excluding hydrogens is 508 g/mol. The molecule has 7 rings (SSSR count). The van der Waals surface area contributed by atoms with Crippen LogP contribution in [-0.2, 0) is 10.3 Å². The van der Waals surface area contributed by atoms with Crippen molar-refractivity contribution >= 4 is 28.7 Å². The summed E-state index contributed by atoms with van der Waals surface area (Å²) in [7, 11) is 0. The molecular formula is C36H30N2O3. The van der Waals surface area contributed by atoms with Gasteiger partial charge in [0.2, 0.25) is 0 Å². The maximum absolute atomic E-state index is 13.6. The van der Waals surface area contributed by atoms with Gasteiger partial charge < -0.3 is 19.7 Å². The molecule has 0 amide bonds. The molecule has 5 heteroatoms. The zero-order valence-corrected chi connectivity index (χ0v) is 23.3. The van der Waals surface area contributed by atoms with E-state index in [1.807, 2.05) is 79.7 Å². The summed E-state index contributed by atoms with van der Waals surface area (Å²) in [6.07, 6.45) is 0. The van der Waals surface area contributed by atoms with E-state index in [1.54, 1.807) is 0 Å². The number of benzene rings is 5. The molecule has 1 unspecified atom stereocenters. The predicted octanol–water partition coefficient (Wildman–Crippen LogP) is 8.77. The normalized spacial score (nSPS) is 16.3. The number of anilines is 4. The highest BCUT2D eigenvalue weighted by molar-refractivity contribution is 6.00. The Morgan fingerprint density at radius 2 is 1.41 bits per heavy atom. The molecule has 5 aromatic rings. The molecule has 0 saturated carbocycles. The second-order valence-corrected chi connectivity index (χ2v) is 10.7. The standard InChI is InChI=1S/C36H30N2O3/c1-4-38(26-16-13-23(2)14-17-26)27-18-20-30-33(22-27)40-32-21-24(3)15-19-29(32)36(30)34-28(35(39)41-36)11-8-12-31(34)37-25-9-6-5-7-10-25/h5-22,37H,4H2,1-3H3. The largest absolute Gasteiger partial charge is 0.456 e. The van der Waals surface area contributed by atoms with E-state index in [0.29, 0.717) is 17.1 Å². The lowest BCUT2D eigenvalue weighted by Crippen LogP contribution is -2.33. The fourth-order valence-electron chi connectivity index (χ4n) is 6.07. The summed E-state index contributed by atoms with van der Waals surface area (Å²) < 4.78 is 13.1. The number of ether oxygens (including phenoxy) is 2. The van der Waals surface area contributed by atoms with Gasteiger partial charge in [-0.2, -0.15) is 0 Å². The fourth-order valence-corrected chi connectivity index (χ4v) is 6.07. The highest BCUT2D eigenvalue weighted by Crippen LogP contribution is 2.58. The van der Waals surface area contributed by atoms with Crippen molar-refractivity contribution < 1.29 is 14.3 Å². The average Bonchev–Trinajstić information content (AvgIpc) is 3.28. The Kier molecular flexibility index (Phi) is 5.82. The van der Waals surface area contributed by atoms with Gasteiger partial charge in [0.15, 0.2) is 5.60 Å². The average molecular weight is 539 g/mol. The Hall–Kier alpha value is -5.03. The highest BCUT2D eigenvalue weighted by Gasteiger charge is 2.55. The van der Waals surface area contributed by atoms with Gasteiger partial charge in [-0.3, -0.25) is 0 Å². The monoisotopic (exact) mass is 538 g/mol. The van der Waals surface area contributed by atoms with E-state index in [1.165, 1.54) is 5.56 Å². The number of hydrogen-bond donors (Lipinski definition) is 1. The molecule has 41 heavy (non-hydrogen) atoms. The number of fused-ring (bicyclic) bond motifs is 6. The van der Waals surface area contributed by atoms with Gasteiger partial charge in [0.1, 0.15) is 11.5 Å². The molecule has 0 aliphatic carbocycles. The van der Waals surface area contributed by atoms with E-state index in [2.05, 4.69) is 60.5 Å². The van der Waals surface area contributed by atoms with Crippen LogP contribution in [0.5, 0.6) is 11.5 Å². The number of carbonyl (C=O) groups is 1. The number of nitrogens with zero attached hydrogens (tertiary/aromatic N) is 1. The van der Waals surface area contributed by atoms with Crippen molar-refractivity contribution in [1.82, 2.24) is 0 Å². The maximum atomic E-state index is 13.6. The van der Waals surface area contributed by atoms with Gasteiger partial charge in [0.05, 0.1) is 5.56 Å². The molecule has 1 N–H and O–H groups in total. The molecule has 0 fully saturated rings. The maximum Gasteiger partial charge on any atom is 0.340 e. The number of carbonyl (C=O) groups excluding carboxylic acids is 1. The quantitative estimate of drug-likeness (QED) is 0.227. The molecule has 1 spiro atoms. The van der Waals surface area contributed by atoms with E-state index in [0.717, 1.165) is 51.5 Å². The van der Waals surface area contributed by atoms with Crippen LogP contribution in [0.1, 0.15) is 45.1 Å². The molecule has 0 saturated heterocycles. The van der Waals surface area contributed by atoms with Crippen molar-refractivity contribution in [2.45, 2.75) is 26.4 Å². The van der Waals surface area contributed by atoms with Crippen molar-refractivity contribution in [1.29, 1.82) is 0 Å². The van der Waals surface area contributed by atoms with Crippen LogP contribution in [0.4, 0.5) is 22.7 Å². The number of hydrogen-bond acceptors (Lipinski definition) is 5. The van der Waals surface area contributed by atoms with Crippen molar-refractivity contribution in [2.75, 3.05) is 16.8 Å². The lowest BCUT2D eigenvalue weighted by atomic mass is 9.76. The number of rotatable bonds is 5. The number of nitrogens with one attached hydrogen (secondary N) is 1. The molecule has 2 aliphatic rings. The minimum Gasteiger partial charge on any atom is -0.456 e. The Bertz CT molecular complexity index is 1800. The molecule has 0 radical (unpaired) electrons. The van der Waals surface area contributed by atoms with Gasteiger partial charge in [-0.1, -0.05) is 54.1 Å². The van der Waals surface area contributed by atoms with E-state index in [9.17, 15) is 4.79 Å². The van der Waals surface area contributed by atoms with Crippen LogP contribution in [0.2, 0.25) is 0 Å². The lowest BCUT2D eigenvalue weighted by molar-refractivity contribution is 0.0226. The third-order valence-corrected chi connectivity index (χ3v) is 7.99. The number of para-hydroxylation sites is 1. The van der Waals surface area contributed by atoms with Crippen molar-refractivity contribution in [3.8, 4) is 11.5 Å². The summed E-state index contributed by atoms with van der Waals surface area (Å²) in [6, 6.07) is 36.5. The third kappa shape index (κ3) is 3.96. The molecule has 0 aromatic heterocycles. The van der Waals surface area contributed by atoms with Gasteiger partial charge >= 0.3 is 5.97 Å². The van der Waals surface area contributed by atoms with Gasteiger partial charge in [-0.25, -0.2) is 4.79 Å². The Labute approximate surface area is 240 Å². The second-order valence-electron chi connectivity index (χ2n) is 10.7. The Balaban J connectivity index is 1.44. The van der Waals surface area contributed by atoms with Crippen LogP contribution >= 0.6 is 0 Å². The van der Waals surface area contributed by atoms with Gasteiger partial charge in [-0.05, 0) is 80.9 Å². The first-order valence-corrected chi connectivity index (χ1v) is 13.9. The molecule has 2 aliphatic heterocycles. The first-order valence-electron chi connectivity index (χ1n) is 13.9. The van der Waals surface area contributed by atoms with Crippen LogP contribution in [0.15, 0.2) is 109 Å². The van der Waals surface area contributed by atoms with Crippen LogP contribution in [0.25, 0.3) is 0 Å². The Morgan fingerprint density at radius 1 is 0.732 bits per heavy atom. The second kappa shape index (κ2) is 9.56. The summed E-state index contributed by atoms with van der Waals surface area (Å²) in [4.78, 5) is 15.8. The highest BCUT2D eigenvalue weighted by atomic mass is 16.6. The number of aryl methyl sites for hydroxylation is 2. The first kappa shape index (κ1) is 25.0. The lowest BCUT2D eigenvalue weighted by Gasteiger charge is -2.38. The molecule has 202 valence electrons. The fraction of sp³-hybridized carbons (Fsp3) is 0.139. The summed E-state index contributed by atoms with van der Waals surface area (Å²) in [5, 5.41) is 3.55. The van der Waals surface area contributed by atoms with E-state index >= 15 is 0 Å². The Morgan fingerprint density at radius 3 is 2.17 bits per heavy atom. The van der Waals surface area contributed by atoms with Crippen LogP contribution in [0, 0.1) is 13.8 Å².